The number of rotatable bonds is 3. The van der Waals surface area contributed by atoms with Crippen LogP contribution in [-0.4, -0.2) is 46.9 Å². The molecule has 0 bridgehead atoms. The van der Waals surface area contributed by atoms with Gasteiger partial charge in [-0.1, -0.05) is 0 Å². The number of hydrogen-bond donors (Lipinski definition) is 2. The first-order valence-electron chi connectivity index (χ1n) is 5.37. The molecule has 1 unspecified atom stereocenters. The summed E-state index contributed by atoms with van der Waals surface area (Å²) in [7, 11) is 0. The van der Waals surface area contributed by atoms with E-state index in [0.29, 0.717) is 12.3 Å². The number of nitrogens with zero attached hydrogens (tertiary/aromatic N) is 1. The van der Waals surface area contributed by atoms with Gasteiger partial charge in [0, 0.05) is 13.0 Å². The van der Waals surface area contributed by atoms with Crippen molar-refractivity contribution in [3.63, 3.8) is 0 Å². The lowest BCUT2D eigenvalue weighted by Gasteiger charge is -2.32. The lowest BCUT2D eigenvalue weighted by Crippen LogP contribution is -2.59. The summed E-state index contributed by atoms with van der Waals surface area (Å²) in [4.78, 5) is 35.1. The van der Waals surface area contributed by atoms with Crippen LogP contribution in [0, 0.1) is 5.92 Å². The summed E-state index contributed by atoms with van der Waals surface area (Å²) in [6.07, 6.45) is 2.43. The van der Waals surface area contributed by atoms with Gasteiger partial charge in [0.1, 0.15) is 12.6 Å². The average Bonchev–Trinajstić information content (AvgIpc) is 3.01. The van der Waals surface area contributed by atoms with Crippen molar-refractivity contribution in [1.29, 1.82) is 0 Å². The molecule has 1 aliphatic heterocycles. The monoisotopic (exact) mass is 226 g/mol. The number of amides is 2. The number of carbonyl (C=O) groups excluding carboxylic acids is 2. The fourth-order valence-corrected chi connectivity index (χ4v) is 1.81. The van der Waals surface area contributed by atoms with Crippen LogP contribution in [0.1, 0.15) is 19.3 Å². The molecule has 1 saturated heterocycles. The Kier molecular flexibility index (Phi) is 2.80. The second-order valence-corrected chi connectivity index (χ2v) is 4.33. The highest BCUT2D eigenvalue weighted by molar-refractivity contribution is 5.91. The zero-order valence-corrected chi connectivity index (χ0v) is 8.81. The molecule has 2 fully saturated rings. The van der Waals surface area contributed by atoms with E-state index in [1.807, 2.05) is 0 Å². The first-order valence-corrected chi connectivity index (χ1v) is 5.37. The van der Waals surface area contributed by atoms with Gasteiger partial charge in [0.25, 0.3) is 0 Å². The van der Waals surface area contributed by atoms with Crippen LogP contribution in [0.3, 0.4) is 0 Å². The molecule has 1 aliphatic carbocycles. The lowest BCUT2D eigenvalue weighted by molar-refractivity contribution is -0.154. The summed E-state index contributed by atoms with van der Waals surface area (Å²) in [5.74, 6) is -1.18. The van der Waals surface area contributed by atoms with Gasteiger partial charge in [-0.2, -0.15) is 0 Å². The molecule has 88 valence electrons. The molecule has 2 amide bonds. The second kappa shape index (κ2) is 4.11. The molecule has 1 atom stereocenters. The molecule has 2 rings (SSSR count). The van der Waals surface area contributed by atoms with Crippen LogP contribution < -0.4 is 5.32 Å². The molecule has 2 aliphatic rings. The maximum Gasteiger partial charge on any atom is 0.328 e. The number of carboxylic acids is 1. The van der Waals surface area contributed by atoms with E-state index in [4.69, 9.17) is 5.11 Å². The molecular weight excluding hydrogens is 212 g/mol. The van der Waals surface area contributed by atoms with E-state index in [1.165, 1.54) is 4.90 Å². The fourth-order valence-electron chi connectivity index (χ4n) is 1.81. The Balaban J connectivity index is 2.03. The Labute approximate surface area is 92.6 Å². The van der Waals surface area contributed by atoms with E-state index in [9.17, 15) is 14.4 Å². The molecule has 2 N–H and O–H groups in total. The fraction of sp³-hybridized carbons (Fsp3) is 0.700. The van der Waals surface area contributed by atoms with Crippen LogP contribution in [0.5, 0.6) is 0 Å². The molecule has 6 nitrogen and oxygen atoms in total. The van der Waals surface area contributed by atoms with Crippen molar-refractivity contribution < 1.29 is 19.5 Å². The Morgan fingerprint density at radius 2 is 2.12 bits per heavy atom. The van der Waals surface area contributed by atoms with Gasteiger partial charge < -0.3 is 15.3 Å². The van der Waals surface area contributed by atoms with Crippen LogP contribution >= 0.6 is 0 Å². The maximum atomic E-state index is 11.8. The Bertz CT molecular complexity index is 338. The molecular formula is C10H14N2O4. The number of piperazine rings is 1. The van der Waals surface area contributed by atoms with Crippen molar-refractivity contribution >= 4 is 17.8 Å². The topological polar surface area (TPSA) is 86.7 Å². The molecule has 0 radical (unpaired) electrons. The van der Waals surface area contributed by atoms with Crippen LogP contribution in [0.2, 0.25) is 0 Å². The third-order valence-corrected chi connectivity index (χ3v) is 2.95. The van der Waals surface area contributed by atoms with Gasteiger partial charge in [0.15, 0.2) is 0 Å². The van der Waals surface area contributed by atoms with E-state index < -0.39 is 12.0 Å². The number of hydrogen-bond acceptors (Lipinski definition) is 3. The quantitative estimate of drug-likeness (QED) is 0.659. The largest absolute Gasteiger partial charge is 0.480 e. The predicted molar refractivity (Wildman–Crippen MR) is 53.5 cm³/mol. The summed E-state index contributed by atoms with van der Waals surface area (Å²) in [6.45, 7) is -0.132. The molecule has 16 heavy (non-hydrogen) atoms. The number of carboxylic acid groups (broad SMARTS) is 1. The van der Waals surface area contributed by atoms with Crippen LogP contribution in [0.25, 0.3) is 0 Å². The first kappa shape index (κ1) is 10.9. The van der Waals surface area contributed by atoms with Gasteiger partial charge >= 0.3 is 5.97 Å². The van der Waals surface area contributed by atoms with Gasteiger partial charge in [-0.15, -0.1) is 0 Å². The third-order valence-electron chi connectivity index (χ3n) is 2.95. The first-order chi connectivity index (χ1) is 7.58. The molecule has 0 aromatic rings. The zero-order valence-electron chi connectivity index (χ0n) is 8.81. The van der Waals surface area contributed by atoms with Gasteiger partial charge in [-0.25, -0.2) is 4.79 Å². The number of carbonyl (C=O) groups is 3. The van der Waals surface area contributed by atoms with E-state index in [2.05, 4.69) is 5.32 Å². The number of aliphatic carboxylic acids is 1. The van der Waals surface area contributed by atoms with E-state index in [0.717, 1.165) is 12.8 Å². The van der Waals surface area contributed by atoms with Crippen LogP contribution in [-0.2, 0) is 14.4 Å². The lowest BCUT2D eigenvalue weighted by atomic mass is 10.1. The summed E-state index contributed by atoms with van der Waals surface area (Å²) in [6, 6.07) is -0.913. The van der Waals surface area contributed by atoms with Crippen molar-refractivity contribution in [2.24, 2.45) is 5.92 Å². The van der Waals surface area contributed by atoms with E-state index in [-0.39, 0.29) is 24.9 Å². The summed E-state index contributed by atoms with van der Waals surface area (Å²) in [5, 5.41) is 11.4. The number of nitrogens with one attached hydrogen (secondary N) is 1. The minimum atomic E-state index is -1.07. The maximum absolute atomic E-state index is 11.8. The van der Waals surface area contributed by atoms with Crippen LogP contribution in [0.15, 0.2) is 0 Å². The molecule has 0 aromatic heterocycles. The summed E-state index contributed by atoms with van der Waals surface area (Å²) >= 11 is 0. The smallest absolute Gasteiger partial charge is 0.328 e. The molecule has 1 saturated carbocycles. The molecule has 0 aromatic carbocycles. The van der Waals surface area contributed by atoms with E-state index >= 15 is 0 Å². The Hall–Kier alpha value is -1.59. The van der Waals surface area contributed by atoms with Gasteiger partial charge in [-0.05, 0) is 18.8 Å². The third kappa shape index (κ3) is 2.32. The standard InChI is InChI=1S/C10H14N2O4/c13-8-5-12(7(4-11-8)10(15)16)9(14)3-6-1-2-6/h6-7H,1-5H2,(H,11,13)(H,15,16). The van der Waals surface area contributed by atoms with Crippen molar-refractivity contribution in [2.75, 3.05) is 13.1 Å². The molecule has 1 heterocycles. The molecule has 6 heteroatoms. The normalized spacial score (nSPS) is 25.1. The van der Waals surface area contributed by atoms with E-state index in [1.54, 1.807) is 0 Å². The minimum absolute atomic E-state index is 0.00454. The van der Waals surface area contributed by atoms with Gasteiger partial charge in [-0.3, -0.25) is 9.59 Å². The minimum Gasteiger partial charge on any atom is -0.480 e. The second-order valence-electron chi connectivity index (χ2n) is 4.33. The highest BCUT2D eigenvalue weighted by Gasteiger charge is 2.37. The highest BCUT2D eigenvalue weighted by atomic mass is 16.4. The Morgan fingerprint density at radius 3 is 2.69 bits per heavy atom. The SMILES string of the molecule is O=C1CN(C(=O)CC2CC2)C(C(=O)O)CN1. The van der Waals surface area contributed by atoms with Crippen LogP contribution in [0.4, 0.5) is 0 Å². The summed E-state index contributed by atoms with van der Waals surface area (Å²) < 4.78 is 0. The van der Waals surface area contributed by atoms with Gasteiger partial charge in [0.2, 0.25) is 11.8 Å². The predicted octanol–water partition coefficient (Wildman–Crippen LogP) is -0.802. The van der Waals surface area contributed by atoms with Crippen molar-refractivity contribution in [2.45, 2.75) is 25.3 Å². The van der Waals surface area contributed by atoms with Crippen molar-refractivity contribution in [3.8, 4) is 0 Å². The van der Waals surface area contributed by atoms with Gasteiger partial charge in [0.05, 0.1) is 0 Å². The highest BCUT2D eigenvalue weighted by Crippen LogP contribution is 2.33. The Morgan fingerprint density at radius 1 is 1.44 bits per heavy atom. The van der Waals surface area contributed by atoms with Crippen molar-refractivity contribution in [1.82, 2.24) is 10.2 Å². The zero-order chi connectivity index (χ0) is 11.7. The molecule has 0 spiro atoms. The summed E-state index contributed by atoms with van der Waals surface area (Å²) in [5.41, 5.74) is 0. The van der Waals surface area contributed by atoms with Crippen molar-refractivity contribution in [3.05, 3.63) is 0 Å². The average molecular weight is 226 g/mol.